The van der Waals surface area contributed by atoms with Gasteiger partial charge < -0.3 is 11.1 Å². The van der Waals surface area contributed by atoms with E-state index < -0.39 is 0 Å². The zero-order chi connectivity index (χ0) is 13.2. The number of rotatable bonds is 3. The maximum Gasteiger partial charge on any atom is 0.193 e. The molecular weight excluding hydrogens is 222 g/mol. The van der Waals surface area contributed by atoms with Crippen molar-refractivity contribution in [2.45, 2.75) is 46.1 Å². The number of aliphatic imine (C=N–C) groups is 1. The SMILES string of the molecule is CCc1cccc(NC(N)=NC2CCC2(C)C)c1. The predicted octanol–water partition coefficient (Wildman–Crippen LogP) is 3.16. The quantitative estimate of drug-likeness (QED) is 0.635. The molecule has 98 valence electrons. The van der Waals surface area contributed by atoms with Gasteiger partial charge in [-0.25, -0.2) is 4.99 Å². The molecular formula is C15H23N3. The Morgan fingerprint density at radius 1 is 1.50 bits per heavy atom. The first-order valence-electron chi connectivity index (χ1n) is 6.70. The van der Waals surface area contributed by atoms with Gasteiger partial charge in [0.15, 0.2) is 5.96 Å². The molecule has 1 atom stereocenters. The normalized spacial score (nSPS) is 22.4. The molecule has 1 aliphatic rings. The van der Waals surface area contributed by atoms with Crippen molar-refractivity contribution >= 4 is 11.6 Å². The number of nitrogens with one attached hydrogen (secondary N) is 1. The molecule has 0 spiro atoms. The van der Waals surface area contributed by atoms with Crippen molar-refractivity contribution in [3.05, 3.63) is 29.8 Å². The summed E-state index contributed by atoms with van der Waals surface area (Å²) in [6, 6.07) is 8.66. The van der Waals surface area contributed by atoms with Crippen molar-refractivity contribution in [2.24, 2.45) is 16.1 Å². The summed E-state index contributed by atoms with van der Waals surface area (Å²) in [6.07, 6.45) is 3.41. The molecule has 3 nitrogen and oxygen atoms in total. The van der Waals surface area contributed by atoms with Gasteiger partial charge in [0.1, 0.15) is 0 Å². The molecule has 1 fully saturated rings. The van der Waals surface area contributed by atoms with Gasteiger partial charge in [0.25, 0.3) is 0 Å². The highest BCUT2D eigenvalue weighted by Gasteiger charge is 2.38. The van der Waals surface area contributed by atoms with Crippen molar-refractivity contribution in [1.29, 1.82) is 0 Å². The molecule has 0 bridgehead atoms. The van der Waals surface area contributed by atoms with Crippen molar-refractivity contribution < 1.29 is 0 Å². The zero-order valence-corrected chi connectivity index (χ0v) is 11.5. The van der Waals surface area contributed by atoms with E-state index >= 15 is 0 Å². The Labute approximate surface area is 109 Å². The molecule has 3 heteroatoms. The lowest BCUT2D eigenvalue weighted by atomic mass is 9.68. The Kier molecular flexibility index (Phi) is 3.60. The van der Waals surface area contributed by atoms with E-state index in [1.54, 1.807) is 0 Å². The van der Waals surface area contributed by atoms with E-state index in [-0.39, 0.29) is 0 Å². The van der Waals surface area contributed by atoms with E-state index in [0.717, 1.165) is 18.5 Å². The molecule has 1 saturated carbocycles. The highest BCUT2D eigenvalue weighted by atomic mass is 15.1. The predicted molar refractivity (Wildman–Crippen MR) is 77.9 cm³/mol. The fourth-order valence-electron chi connectivity index (χ4n) is 2.31. The molecule has 0 aliphatic heterocycles. The average molecular weight is 245 g/mol. The van der Waals surface area contributed by atoms with Gasteiger partial charge in [-0.15, -0.1) is 0 Å². The number of anilines is 1. The second-order valence-electron chi connectivity index (χ2n) is 5.74. The van der Waals surface area contributed by atoms with Crippen molar-refractivity contribution in [3.63, 3.8) is 0 Å². The van der Waals surface area contributed by atoms with E-state index in [1.165, 1.54) is 12.0 Å². The number of benzene rings is 1. The fraction of sp³-hybridized carbons (Fsp3) is 0.533. The van der Waals surface area contributed by atoms with Gasteiger partial charge in [0.05, 0.1) is 6.04 Å². The van der Waals surface area contributed by atoms with Crippen LogP contribution in [0.15, 0.2) is 29.3 Å². The third-order valence-corrected chi connectivity index (χ3v) is 3.87. The lowest BCUT2D eigenvalue weighted by molar-refractivity contribution is 0.145. The summed E-state index contributed by atoms with van der Waals surface area (Å²) >= 11 is 0. The summed E-state index contributed by atoms with van der Waals surface area (Å²) in [5, 5.41) is 3.18. The number of aryl methyl sites for hydroxylation is 1. The lowest BCUT2D eigenvalue weighted by Crippen LogP contribution is -2.40. The number of guanidine groups is 1. The Balaban J connectivity index is 2.02. The molecule has 1 aromatic rings. The second-order valence-corrected chi connectivity index (χ2v) is 5.74. The molecule has 0 heterocycles. The summed E-state index contributed by atoms with van der Waals surface area (Å²) < 4.78 is 0. The van der Waals surface area contributed by atoms with Gasteiger partial charge in [0.2, 0.25) is 0 Å². The van der Waals surface area contributed by atoms with Crippen LogP contribution in [-0.2, 0) is 6.42 Å². The summed E-state index contributed by atoms with van der Waals surface area (Å²) in [7, 11) is 0. The molecule has 18 heavy (non-hydrogen) atoms. The number of nitrogens with two attached hydrogens (primary N) is 1. The van der Waals surface area contributed by atoms with Crippen LogP contribution in [-0.4, -0.2) is 12.0 Å². The van der Waals surface area contributed by atoms with Gasteiger partial charge in [0, 0.05) is 5.69 Å². The molecule has 0 saturated heterocycles. The van der Waals surface area contributed by atoms with Gasteiger partial charge in [-0.05, 0) is 42.4 Å². The highest BCUT2D eigenvalue weighted by Crippen LogP contribution is 2.42. The van der Waals surface area contributed by atoms with Crippen LogP contribution in [0.3, 0.4) is 0 Å². The number of hydrogen-bond acceptors (Lipinski definition) is 1. The molecule has 0 amide bonds. The van der Waals surface area contributed by atoms with Crippen LogP contribution in [0.4, 0.5) is 5.69 Å². The van der Waals surface area contributed by atoms with Gasteiger partial charge in [-0.1, -0.05) is 32.9 Å². The van der Waals surface area contributed by atoms with E-state index in [2.05, 4.69) is 43.2 Å². The maximum atomic E-state index is 5.97. The smallest absolute Gasteiger partial charge is 0.193 e. The molecule has 1 aliphatic carbocycles. The highest BCUT2D eigenvalue weighted by molar-refractivity contribution is 5.92. The molecule has 3 N–H and O–H groups in total. The summed E-state index contributed by atoms with van der Waals surface area (Å²) in [6.45, 7) is 6.64. The minimum atomic E-state index is 0.303. The fourth-order valence-corrected chi connectivity index (χ4v) is 2.31. The van der Waals surface area contributed by atoms with Crippen molar-refractivity contribution in [3.8, 4) is 0 Å². The van der Waals surface area contributed by atoms with Gasteiger partial charge in [-0.2, -0.15) is 0 Å². The Bertz CT molecular complexity index is 449. The third kappa shape index (κ3) is 2.84. The van der Waals surface area contributed by atoms with E-state index in [4.69, 9.17) is 5.73 Å². The molecule has 1 unspecified atom stereocenters. The standard InChI is InChI=1S/C15H23N3/c1-4-11-6-5-7-12(10-11)17-14(16)18-13-8-9-15(13,2)3/h5-7,10,13H,4,8-9H2,1-3H3,(H3,16,17,18). The van der Waals surface area contributed by atoms with Crippen LogP contribution in [0, 0.1) is 5.41 Å². The molecule has 1 aromatic carbocycles. The molecule has 2 rings (SSSR count). The summed E-state index contributed by atoms with van der Waals surface area (Å²) in [5.74, 6) is 0.529. The first-order chi connectivity index (χ1) is 8.51. The van der Waals surface area contributed by atoms with Crippen LogP contribution in [0.25, 0.3) is 0 Å². The van der Waals surface area contributed by atoms with Crippen LogP contribution in [0.2, 0.25) is 0 Å². The van der Waals surface area contributed by atoms with Crippen LogP contribution in [0.5, 0.6) is 0 Å². The van der Waals surface area contributed by atoms with Crippen LogP contribution in [0.1, 0.15) is 39.2 Å². The first-order valence-corrected chi connectivity index (χ1v) is 6.70. The Morgan fingerprint density at radius 3 is 2.83 bits per heavy atom. The second kappa shape index (κ2) is 5.01. The van der Waals surface area contributed by atoms with Crippen molar-refractivity contribution in [2.75, 3.05) is 5.32 Å². The minimum absolute atomic E-state index is 0.303. The monoisotopic (exact) mass is 245 g/mol. The van der Waals surface area contributed by atoms with Gasteiger partial charge >= 0.3 is 0 Å². The van der Waals surface area contributed by atoms with E-state index in [1.807, 2.05) is 12.1 Å². The first kappa shape index (κ1) is 12.9. The average Bonchev–Trinajstić information content (AvgIpc) is 2.35. The summed E-state index contributed by atoms with van der Waals surface area (Å²) in [4.78, 5) is 4.57. The topological polar surface area (TPSA) is 50.4 Å². The third-order valence-electron chi connectivity index (χ3n) is 3.87. The minimum Gasteiger partial charge on any atom is -0.370 e. The number of hydrogen-bond donors (Lipinski definition) is 2. The Morgan fingerprint density at radius 2 is 2.28 bits per heavy atom. The zero-order valence-electron chi connectivity index (χ0n) is 11.5. The van der Waals surface area contributed by atoms with Gasteiger partial charge in [-0.3, -0.25) is 0 Å². The molecule has 0 aromatic heterocycles. The molecule has 0 radical (unpaired) electrons. The van der Waals surface area contributed by atoms with E-state index in [9.17, 15) is 0 Å². The maximum absolute atomic E-state index is 5.97. The Hall–Kier alpha value is -1.51. The van der Waals surface area contributed by atoms with Crippen molar-refractivity contribution in [1.82, 2.24) is 0 Å². The van der Waals surface area contributed by atoms with Crippen LogP contribution >= 0.6 is 0 Å². The largest absolute Gasteiger partial charge is 0.370 e. The van der Waals surface area contributed by atoms with E-state index in [0.29, 0.717) is 17.4 Å². The summed E-state index contributed by atoms with van der Waals surface area (Å²) in [5.41, 5.74) is 8.59. The lowest BCUT2D eigenvalue weighted by Gasteiger charge is -2.41. The number of nitrogens with zero attached hydrogens (tertiary/aromatic N) is 1. The van der Waals surface area contributed by atoms with Crippen LogP contribution < -0.4 is 11.1 Å².